The molecule has 0 radical (unpaired) electrons. The molecule has 1 aliphatic heterocycles. The van der Waals surface area contributed by atoms with Crippen LogP contribution in [0.5, 0.6) is 0 Å². The van der Waals surface area contributed by atoms with E-state index in [4.69, 9.17) is 0 Å². The van der Waals surface area contributed by atoms with Gasteiger partial charge in [0.05, 0.1) is 0 Å². The molecule has 1 aromatic rings. The van der Waals surface area contributed by atoms with Gasteiger partial charge in [-0.15, -0.1) is 6.58 Å². The van der Waals surface area contributed by atoms with Crippen molar-refractivity contribution in [3.63, 3.8) is 0 Å². The molecule has 1 fully saturated rings. The number of hydrogen-bond donors (Lipinski definition) is 0. The van der Waals surface area contributed by atoms with Gasteiger partial charge in [0.25, 0.3) is 0 Å². The van der Waals surface area contributed by atoms with Crippen LogP contribution in [-0.4, -0.2) is 43.0 Å². The maximum atomic E-state index is 3.36. The molecule has 0 unspecified atom stereocenters. The third kappa shape index (κ3) is 5.66. The van der Waals surface area contributed by atoms with Crippen molar-refractivity contribution in [2.75, 3.05) is 33.2 Å². The molecule has 0 aliphatic carbocycles. The molecule has 1 aromatic carbocycles. The Morgan fingerprint density at radius 2 is 1.65 bits per heavy atom. The summed E-state index contributed by atoms with van der Waals surface area (Å²) in [7, 11) is 2.19. The van der Waals surface area contributed by atoms with Gasteiger partial charge in [0.15, 0.2) is 0 Å². The third-order valence-corrected chi connectivity index (χ3v) is 2.84. The molecule has 0 N–H and O–H groups in total. The van der Waals surface area contributed by atoms with Gasteiger partial charge in [-0.05, 0) is 19.5 Å². The third-order valence-electron chi connectivity index (χ3n) is 2.84. The van der Waals surface area contributed by atoms with Gasteiger partial charge in [-0.1, -0.05) is 36.4 Å². The van der Waals surface area contributed by atoms with E-state index in [9.17, 15) is 0 Å². The SMILES string of the molecule is C=CC.CN1CCN(Cc2ccccc2)CC1. The molecule has 0 aromatic heterocycles. The van der Waals surface area contributed by atoms with Crippen LogP contribution in [0.1, 0.15) is 12.5 Å². The van der Waals surface area contributed by atoms with Crippen molar-refractivity contribution >= 4 is 0 Å². The quantitative estimate of drug-likeness (QED) is 0.723. The largest absolute Gasteiger partial charge is 0.304 e. The maximum Gasteiger partial charge on any atom is 0.0234 e. The van der Waals surface area contributed by atoms with Crippen molar-refractivity contribution in [3.05, 3.63) is 48.6 Å². The van der Waals surface area contributed by atoms with Crippen LogP contribution in [0.25, 0.3) is 0 Å². The Bertz CT molecular complexity index is 300. The average Bonchev–Trinajstić information content (AvgIpc) is 2.35. The summed E-state index contributed by atoms with van der Waals surface area (Å²) in [6, 6.07) is 10.7. The van der Waals surface area contributed by atoms with Crippen molar-refractivity contribution in [1.82, 2.24) is 9.80 Å². The fourth-order valence-corrected chi connectivity index (χ4v) is 1.85. The monoisotopic (exact) mass is 232 g/mol. The van der Waals surface area contributed by atoms with Crippen LogP contribution >= 0.6 is 0 Å². The predicted octanol–water partition coefficient (Wildman–Crippen LogP) is 2.63. The Morgan fingerprint density at radius 3 is 2.18 bits per heavy atom. The van der Waals surface area contributed by atoms with Gasteiger partial charge < -0.3 is 4.90 Å². The fourth-order valence-electron chi connectivity index (χ4n) is 1.85. The van der Waals surface area contributed by atoms with E-state index in [2.05, 4.69) is 53.8 Å². The summed E-state index contributed by atoms with van der Waals surface area (Å²) in [6.07, 6.45) is 1.75. The zero-order valence-electron chi connectivity index (χ0n) is 11.1. The number of allylic oxidation sites excluding steroid dienone is 1. The Balaban J connectivity index is 0.000000437. The lowest BCUT2D eigenvalue weighted by Crippen LogP contribution is -2.43. The number of hydrogen-bond acceptors (Lipinski definition) is 2. The molecule has 0 saturated carbocycles. The molecular formula is C15H24N2. The second kappa shape index (κ2) is 8.04. The lowest BCUT2D eigenvalue weighted by molar-refractivity contribution is 0.148. The Kier molecular flexibility index (Phi) is 6.60. The van der Waals surface area contributed by atoms with Gasteiger partial charge in [0.1, 0.15) is 0 Å². The van der Waals surface area contributed by atoms with E-state index in [1.807, 2.05) is 6.92 Å². The summed E-state index contributed by atoms with van der Waals surface area (Å²) in [5, 5.41) is 0. The van der Waals surface area contributed by atoms with Crippen molar-refractivity contribution in [2.24, 2.45) is 0 Å². The maximum absolute atomic E-state index is 3.36. The smallest absolute Gasteiger partial charge is 0.0234 e. The first-order chi connectivity index (χ1) is 8.26. The lowest BCUT2D eigenvalue weighted by Gasteiger charge is -2.32. The van der Waals surface area contributed by atoms with E-state index in [0.717, 1.165) is 6.54 Å². The first-order valence-corrected chi connectivity index (χ1v) is 6.28. The highest BCUT2D eigenvalue weighted by atomic mass is 15.2. The van der Waals surface area contributed by atoms with E-state index in [1.54, 1.807) is 6.08 Å². The Labute approximate surface area is 106 Å². The molecule has 0 bridgehead atoms. The van der Waals surface area contributed by atoms with Gasteiger partial charge >= 0.3 is 0 Å². The molecule has 0 spiro atoms. The standard InChI is InChI=1S/C12H18N2.C3H6/c1-13-7-9-14(10-8-13)11-12-5-3-2-4-6-12;1-3-2/h2-6H,7-11H2,1H3;3H,1H2,2H3. The van der Waals surface area contributed by atoms with E-state index in [-0.39, 0.29) is 0 Å². The van der Waals surface area contributed by atoms with Gasteiger partial charge in [-0.2, -0.15) is 0 Å². The molecule has 2 rings (SSSR count). The zero-order chi connectivity index (χ0) is 12.5. The van der Waals surface area contributed by atoms with Gasteiger partial charge in [-0.3, -0.25) is 4.90 Å². The number of likely N-dealkylation sites (N-methyl/N-ethyl adjacent to an activating group) is 1. The van der Waals surface area contributed by atoms with E-state index >= 15 is 0 Å². The van der Waals surface area contributed by atoms with Crippen LogP contribution in [0.3, 0.4) is 0 Å². The van der Waals surface area contributed by atoms with Crippen LogP contribution < -0.4 is 0 Å². The minimum absolute atomic E-state index is 1.11. The summed E-state index contributed by atoms with van der Waals surface area (Å²) in [5.41, 5.74) is 1.43. The molecule has 0 atom stereocenters. The zero-order valence-corrected chi connectivity index (χ0v) is 11.1. The predicted molar refractivity (Wildman–Crippen MR) is 75.1 cm³/mol. The second-order valence-electron chi connectivity index (χ2n) is 4.47. The van der Waals surface area contributed by atoms with Gasteiger partial charge in [0, 0.05) is 32.7 Å². The van der Waals surface area contributed by atoms with E-state index in [1.165, 1.54) is 31.7 Å². The highest BCUT2D eigenvalue weighted by Crippen LogP contribution is 2.06. The number of benzene rings is 1. The normalized spacial score (nSPS) is 17.1. The topological polar surface area (TPSA) is 6.48 Å². The summed E-state index contributed by atoms with van der Waals surface area (Å²) in [5.74, 6) is 0. The van der Waals surface area contributed by atoms with Crippen LogP contribution in [-0.2, 0) is 6.54 Å². The molecule has 1 heterocycles. The second-order valence-corrected chi connectivity index (χ2v) is 4.47. The first kappa shape index (κ1) is 13.9. The molecule has 94 valence electrons. The number of rotatable bonds is 2. The van der Waals surface area contributed by atoms with Gasteiger partial charge in [0.2, 0.25) is 0 Å². The van der Waals surface area contributed by atoms with Crippen molar-refractivity contribution in [3.8, 4) is 0 Å². The molecule has 0 amide bonds. The molecule has 1 aliphatic rings. The van der Waals surface area contributed by atoms with Crippen LogP contribution in [0.2, 0.25) is 0 Å². The Morgan fingerprint density at radius 1 is 1.12 bits per heavy atom. The van der Waals surface area contributed by atoms with Crippen LogP contribution in [0.4, 0.5) is 0 Å². The highest BCUT2D eigenvalue weighted by Gasteiger charge is 2.13. The lowest BCUT2D eigenvalue weighted by atomic mass is 10.2. The summed E-state index contributed by atoms with van der Waals surface area (Å²) < 4.78 is 0. The molecule has 2 heteroatoms. The van der Waals surface area contributed by atoms with E-state index < -0.39 is 0 Å². The molecule has 17 heavy (non-hydrogen) atoms. The number of piperazine rings is 1. The average molecular weight is 232 g/mol. The summed E-state index contributed by atoms with van der Waals surface area (Å²) in [4.78, 5) is 4.91. The van der Waals surface area contributed by atoms with Crippen molar-refractivity contribution in [1.29, 1.82) is 0 Å². The number of nitrogens with zero attached hydrogens (tertiary/aromatic N) is 2. The minimum Gasteiger partial charge on any atom is -0.304 e. The summed E-state index contributed by atoms with van der Waals surface area (Å²) >= 11 is 0. The molecular weight excluding hydrogens is 208 g/mol. The van der Waals surface area contributed by atoms with Gasteiger partial charge in [-0.25, -0.2) is 0 Å². The highest BCUT2D eigenvalue weighted by molar-refractivity contribution is 5.14. The fraction of sp³-hybridized carbons (Fsp3) is 0.467. The molecule has 1 saturated heterocycles. The van der Waals surface area contributed by atoms with E-state index in [0.29, 0.717) is 0 Å². The van der Waals surface area contributed by atoms with Crippen molar-refractivity contribution < 1.29 is 0 Å². The summed E-state index contributed by atoms with van der Waals surface area (Å²) in [6.45, 7) is 11.2. The Hall–Kier alpha value is -1.12. The van der Waals surface area contributed by atoms with Crippen molar-refractivity contribution in [2.45, 2.75) is 13.5 Å². The van der Waals surface area contributed by atoms with Crippen LogP contribution in [0, 0.1) is 0 Å². The first-order valence-electron chi connectivity index (χ1n) is 6.28. The minimum atomic E-state index is 1.11. The molecule has 2 nitrogen and oxygen atoms in total. The van der Waals surface area contributed by atoms with Crippen LogP contribution in [0.15, 0.2) is 43.0 Å².